The lowest BCUT2D eigenvalue weighted by Crippen LogP contribution is -2.27. The number of carbonyl (C=O) groups is 2. The first-order chi connectivity index (χ1) is 16.4. The van der Waals surface area contributed by atoms with Crippen molar-refractivity contribution in [3.63, 3.8) is 0 Å². The van der Waals surface area contributed by atoms with Crippen LogP contribution >= 0.6 is 23.2 Å². The van der Waals surface area contributed by atoms with E-state index in [9.17, 15) is 9.59 Å². The van der Waals surface area contributed by atoms with Crippen LogP contribution in [0, 0.1) is 0 Å². The van der Waals surface area contributed by atoms with Crippen LogP contribution in [0.2, 0.25) is 10.0 Å². The number of methoxy groups -OCH3 is 2. The minimum absolute atomic E-state index is 0.291. The highest BCUT2D eigenvalue weighted by atomic mass is 35.5. The normalized spacial score (nSPS) is 10.7. The average molecular weight is 499 g/mol. The van der Waals surface area contributed by atoms with Gasteiger partial charge in [-0.05, 0) is 60.0 Å². The summed E-state index contributed by atoms with van der Waals surface area (Å²) in [6, 6.07) is 17.4. The second-order valence-corrected chi connectivity index (χ2v) is 8.07. The molecule has 0 spiro atoms. The van der Waals surface area contributed by atoms with Crippen LogP contribution in [0.4, 0.5) is 5.69 Å². The molecule has 0 saturated carbocycles. The minimum atomic E-state index is -0.392. The number of halogens is 2. The molecule has 0 aliphatic heterocycles. The number of para-hydroxylation sites is 1. The molecule has 0 heterocycles. The SMILES string of the molecule is COc1ccc(CCNC(=O)c2ccccc2NC(=O)/C=C/c2ccc(Cl)cc2Cl)cc1OC. The molecule has 176 valence electrons. The third-order valence-electron chi connectivity index (χ3n) is 4.95. The number of hydrogen-bond donors (Lipinski definition) is 2. The summed E-state index contributed by atoms with van der Waals surface area (Å²) in [5, 5.41) is 6.58. The summed E-state index contributed by atoms with van der Waals surface area (Å²) in [7, 11) is 3.16. The van der Waals surface area contributed by atoms with Crippen LogP contribution in [0.1, 0.15) is 21.5 Å². The van der Waals surface area contributed by atoms with Crippen LogP contribution in [-0.2, 0) is 11.2 Å². The lowest BCUT2D eigenvalue weighted by molar-refractivity contribution is -0.111. The molecule has 0 bridgehead atoms. The maximum absolute atomic E-state index is 12.8. The molecule has 0 aliphatic rings. The van der Waals surface area contributed by atoms with Crippen molar-refractivity contribution in [2.24, 2.45) is 0 Å². The second-order valence-electron chi connectivity index (χ2n) is 7.23. The monoisotopic (exact) mass is 498 g/mol. The van der Waals surface area contributed by atoms with E-state index in [-0.39, 0.29) is 5.91 Å². The lowest BCUT2D eigenvalue weighted by atomic mass is 10.1. The van der Waals surface area contributed by atoms with Gasteiger partial charge >= 0.3 is 0 Å². The molecule has 0 saturated heterocycles. The summed E-state index contributed by atoms with van der Waals surface area (Å²) in [6.07, 6.45) is 3.53. The molecule has 3 aromatic rings. The highest BCUT2D eigenvalue weighted by molar-refractivity contribution is 6.35. The van der Waals surface area contributed by atoms with Gasteiger partial charge in [-0.3, -0.25) is 9.59 Å². The molecule has 6 nitrogen and oxygen atoms in total. The summed E-state index contributed by atoms with van der Waals surface area (Å²) in [4.78, 5) is 25.2. The number of carbonyl (C=O) groups excluding carboxylic acids is 2. The second kappa shape index (κ2) is 12.1. The third-order valence-corrected chi connectivity index (χ3v) is 5.52. The molecule has 0 atom stereocenters. The van der Waals surface area contributed by atoms with Crippen molar-refractivity contribution in [1.29, 1.82) is 0 Å². The first kappa shape index (κ1) is 25.1. The smallest absolute Gasteiger partial charge is 0.253 e. The Morgan fingerprint density at radius 2 is 1.71 bits per heavy atom. The van der Waals surface area contributed by atoms with Crippen LogP contribution in [0.5, 0.6) is 11.5 Å². The fourth-order valence-corrected chi connectivity index (χ4v) is 3.69. The van der Waals surface area contributed by atoms with Gasteiger partial charge in [0, 0.05) is 22.7 Å². The molecule has 2 amide bonds. The van der Waals surface area contributed by atoms with Crippen molar-refractivity contribution in [3.05, 3.63) is 93.5 Å². The van der Waals surface area contributed by atoms with Crippen LogP contribution in [0.3, 0.4) is 0 Å². The van der Waals surface area contributed by atoms with Gasteiger partial charge in [0.25, 0.3) is 5.91 Å². The van der Waals surface area contributed by atoms with Gasteiger partial charge in [0.05, 0.1) is 25.5 Å². The van der Waals surface area contributed by atoms with E-state index in [4.69, 9.17) is 32.7 Å². The number of rotatable bonds is 9. The molecule has 8 heteroatoms. The van der Waals surface area contributed by atoms with Crippen LogP contribution in [-0.4, -0.2) is 32.6 Å². The van der Waals surface area contributed by atoms with Gasteiger partial charge in [0.15, 0.2) is 11.5 Å². The first-order valence-corrected chi connectivity index (χ1v) is 11.2. The molecular formula is C26H24Cl2N2O4. The maximum Gasteiger partial charge on any atom is 0.253 e. The van der Waals surface area contributed by atoms with E-state index in [1.807, 2.05) is 18.2 Å². The minimum Gasteiger partial charge on any atom is -0.493 e. The van der Waals surface area contributed by atoms with E-state index >= 15 is 0 Å². The van der Waals surface area contributed by atoms with Crippen molar-refractivity contribution < 1.29 is 19.1 Å². The highest BCUT2D eigenvalue weighted by Gasteiger charge is 2.12. The third kappa shape index (κ3) is 6.76. The van der Waals surface area contributed by atoms with Gasteiger partial charge in [-0.2, -0.15) is 0 Å². The predicted molar refractivity (Wildman–Crippen MR) is 136 cm³/mol. The van der Waals surface area contributed by atoms with Gasteiger partial charge in [-0.25, -0.2) is 0 Å². The fraction of sp³-hybridized carbons (Fsp3) is 0.154. The summed E-state index contributed by atoms with van der Waals surface area (Å²) in [6.45, 7) is 0.408. The number of benzene rings is 3. The van der Waals surface area contributed by atoms with Crippen molar-refractivity contribution in [2.45, 2.75) is 6.42 Å². The zero-order chi connectivity index (χ0) is 24.5. The quantitative estimate of drug-likeness (QED) is 0.374. The van der Waals surface area contributed by atoms with E-state index in [2.05, 4.69) is 10.6 Å². The molecule has 0 fully saturated rings. The van der Waals surface area contributed by atoms with Gasteiger partial charge in [-0.1, -0.05) is 47.5 Å². The van der Waals surface area contributed by atoms with Gasteiger partial charge < -0.3 is 20.1 Å². The van der Waals surface area contributed by atoms with Crippen LogP contribution in [0.25, 0.3) is 6.08 Å². The van der Waals surface area contributed by atoms with Crippen molar-refractivity contribution >= 4 is 46.8 Å². The molecule has 34 heavy (non-hydrogen) atoms. The van der Waals surface area contributed by atoms with Crippen molar-refractivity contribution in [3.8, 4) is 11.5 Å². The largest absolute Gasteiger partial charge is 0.493 e. The Labute approximate surface area is 208 Å². The Bertz CT molecular complexity index is 1210. The van der Waals surface area contributed by atoms with E-state index in [1.54, 1.807) is 62.8 Å². The Morgan fingerprint density at radius 1 is 0.941 bits per heavy atom. The molecule has 3 aromatic carbocycles. The molecule has 0 unspecified atom stereocenters. The molecule has 0 radical (unpaired) electrons. The Balaban J connectivity index is 1.61. The fourth-order valence-electron chi connectivity index (χ4n) is 3.22. The number of amides is 2. The van der Waals surface area contributed by atoms with Crippen LogP contribution in [0.15, 0.2) is 66.7 Å². The van der Waals surface area contributed by atoms with Gasteiger partial charge in [-0.15, -0.1) is 0 Å². The summed E-state index contributed by atoms with van der Waals surface area (Å²) >= 11 is 12.0. The molecule has 2 N–H and O–H groups in total. The van der Waals surface area contributed by atoms with Crippen molar-refractivity contribution in [1.82, 2.24) is 5.32 Å². The summed E-state index contributed by atoms with van der Waals surface area (Å²) < 4.78 is 10.6. The summed E-state index contributed by atoms with van der Waals surface area (Å²) in [5.74, 6) is 0.595. The Morgan fingerprint density at radius 3 is 2.44 bits per heavy atom. The molecular weight excluding hydrogens is 475 g/mol. The predicted octanol–water partition coefficient (Wildman–Crippen LogP) is 5.64. The number of nitrogens with one attached hydrogen (secondary N) is 2. The molecule has 3 rings (SSSR count). The van der Waals surface area contributed by atoms with Gasteiger partial charge in [0.2, 0.25) is 5.91 Å². The zero-order valence-corrected chi connectivity index (χ0v) is 20.2. The lowest BCUT2D eigenvalue weighted by Gasteiger charge is -2.12. The topological polar surface area (TPSA) is 76.7 Å². The maximum atomic E-state index is 12.8. The van der Waals surface area contributed by atoms with Gasteiger partial charge in [0.1, 0.15) is 0 Å². The standard InChI is InChI=1S/C26H24Cl2N2O4/c1-33-23-11-7-17(15-24(23)34-2)13-14-29-26(32)20-5-3-4-6-22(20)30-25(31)12-9-18-8-10-19(27)16-21(18)28/h3-12,15-16H,13-14H2,1-2H3,(H,29,32)(H,30,31)/b12-9+. The average Bonchev–Trinajstić information content (AvgIpc) is 2.83. The van der Waals surface area contributed by atoms with E-state index < -0.39 is 5.91 Å². The van der Waals surface area contributed by atoms with E-state index in [0.717, 1.165) is 5.56 Å². The number of ether oxygens (including phenoxy) is 2. The molecule has 0 aromatic heterocycles. The van der Waals surface area contributed by atoms with Crippen molar-refractivity contribution in [2.75, 3.05) is 26.1 Å². The Kier molecular flexibility index (Phi) is 8.96. The molecule has 0 aliphatic carbocycles. The zero-order valence-electron chi connectivity index (χ0n) is 18.7. The Hall–Kier alpha value is -3.48. The highest BCUT2D eigenvalue weighted by Crippen LogP contribution is 2.27. The van der Waals surface area contributed by atoms with E-state index in [1.165, 1.54) is 6.08 Å². The number of anilines is 1. The number of hydrogen-bond acceptors (Lipinski definition) is 4. The summed E-state index contributed by atoms with van der Waals surface area (Å²) in [5.41, 5.74) is 2.41. The first-order valence-electron chi connectivity index (χ1n) is 10.4. The van der Waals surface area contributed by atoms with E-state index in [0.29, 0.717) is 51.3 Å². The van der Waals surface area contributed by atoms with Crippen LogP contribution < -0.4 is 20.1 Å².